The zero-order chi connectivity index (χ0) is 28.5. The Kier molecular flexibility index (Phi) is 7.69. The van der Waals surface area contributed by atoms with Gasteiger partial charge < -0.3 is 20.1 Å². The summed E-state index contributed by atoms with van der Waals surface area (Å²) in [5.41, 5.74) is 3.66. The van der Waals surface area contributed by atoms with Gasteiger partial charge in [-0.1, -0.05) is 37.1 Å². The minimum atomic E-state index is -0.515. The fourth-order valence-electron chi connectivity index (χ4n) is 7.02. The summed E-state index contributed by atoms with van der Waals surface area (Å²) in [6.45, 7) is 2.27. The summed E-state index contributed by atoms with van der Waals surface area (Å²) in [6.07, 6.45) is 15.5. The highest BCUT2D eigenvalue weighted by molar-refractivity contribution is 5.98. The van der Waals surface area contributed by atoms with E-state index in [4.69, 9.17) is 0 Å². The molecule has 2 aliphatic carbocycles. The van der Waals surface area contributed by atoms with Gasteiger partial charge in [-0.05, 0) is 81.0 Å². The molecule has 1 saturated carbocycles. The molecule has 3 aromatic rings. The largest absolute Gasteiger partial charge is 0.383 e. The molecule has 1 unspecified atom stereocenters. The van der Waals surface area contributed by atoms with E-state index in [1.807, 2.05) is 42.1 Å². The third-order valence-corrected chi connectivity index (χ3v) is 9.17. The molecular weight excluding hydrogens is 515 g/mol. The van der Waals surface area contributed by atoms with Crippen molar-refractivity contribution in [3.63, 3.8) is 0 Å². The fraction of sp³-hybridized carbons (Fsp3) is 0.412. The lowest BCUT2D eigenvalue weighted by atomic mass is 9.77. The molecule has 2 aromatic carbocycles. The van der Waals surface area contributed by atoms with Crippen molar-refractivity contribution in [3.8, 4) is 0 Å². The van der Waals surface area contributed by atoms with Crippen LogP contribution in [0.4, 0.5) is 10.1 Å². The normalized spacial score (nSPS) is 23.0. The van der Waals surface area contributed by atoms with Crippen LogP contribution in [0.3, 0.4) is 0 Å². The van der Waals surface area contributed by atoms with E-state index in [9.17, 15) is 14.0 Å². The Hall–Kier alpha value is -3.87. The molecule has 214 valence electrons. The van der Waals surface area contributed by atoms with Crippen LogP contribution in [-0.4, -0.2) is 39.9 Å². The van der Waals surface area contributed by atoms with Crippen molar-refractivity contribution < 1.29 is 14.0 Å². The van der Waals surface area contributed by atoms with Gasteiger partial charge in [0, 0.05) is 54.0 Å². The van der Waals surface area contributed by atoms with Crippen LogP contribution in [0.1, 0.15) is 60.9 Å². The van der Waals surface area contributed by atoms with E-state index in [-0.39, 0.29) is 29.3 Å². The van der Waals surface area contributed by atoms with Gasteiger partial charge in [-0.3, -0.25) is 9.59 Å². The number of nitrogens with zero attached hydrogens (tertiary/aromatic N) is 2. The van der Waals surface area contributed by atoms with Crippen molar-refractivity contribution in [1.29, 1.82) is 0 Å². The van der Waals surface area contributed by atoms with Crippen molar-refractivity contribution in [2.24, 2.45) is 18.9 Å². The molecule has 6 rings (SSSR count). The highest BCUT2D eigenvalue weighted by Crippen LogP contribution is 2.36. The molecule has 1 saturated heterocycles. The molecule has 0 radical (unpaired) electrons. The summed E-state index contributed by atoms with van der Waals surface area (Å²) in [5, 5.41) is 7.87. The van der Waals surface area contributed by atoms with Crippen LogP contribution in [0.25, 0.3) is 10.9 Å². The van der Waals surface area contributed by atoms with E-state index in [1.165, 1.54) is 31.7 Å². The van der Waals surface area contributed by atoms with E-state index in [1.54, 1.807) is 24.0 Å². The van der Waals surface area contributed by atoms with Crippen molar-refractivity contribution in [2.45, 2.75) is 64.0 Å². The van der Waals surface area contributed by atoms with E-state index in [0.717, 1.165) is 28.7 Å². The Morgan fingerprint density at radius 3 is 2.61 bits per heavy atom. The van der Waals surface area contributed by atoms with Gasteiger partial charge in [0.25, 0.3) is 5.91 Å². The first kappa shape index (κ1) is 27.3. The zero-order valence-electron chi connectivity index (χ0n) is 23.9. The van der Waals surface area contributed by atoms with Crippen molar-refractivity contribution in [3.05, 3.63) is 89.5 Å². The lowest BCUT2D eigenvalue weighted by Gasteiger charge is -2.44. The minimum Gasteiger partial charge on any atom is -0.383 e. The number of hydrogen-bond acceptors (Lipinski definition) is 3. The van der Waals surface area contributed by atoms with Crippen molar-refractivity contribution >= 4 is 28.4 Å². The number of carbonyl (C=O) groups excluding carboxylic acids is 2. The number of fused-ring (bicyclic) bond motifs is 1. The quantitative estimate of drug-likeness (QED) is 0.367. The lowest BCUT2D eigenvalue weighted by molar-refractivity contribution is -0.123. The Labute approximate surface area is 241 Å². The number of anilines is 1. The maximum absolute atomic E-state index is 15.0. The van der Waals surface area contributed by atoms with Crippen LogP contribution in [0.2, 0.25) is 0 Å². The van der Waals surface area contributed by atoms with Crippen LogP contribution >= 0.6 is 0 Å². The SMILES string of the molecule is Cc1cccc(F)c1C(=O)N1CCC[C@H](C(=O)Nc2ccc3c(ccn3C)c2)[C@@H]1C1C=CC(NC2CCCC2)=CC1. The molecule has 0 spiro atoms. The average Bonchev–Trinajstić information content (AvgIpc) is 3.62. The van der Waals surface area contributed by atoms with Crippen LogP contribution in [0.5, 0.6) is 0 Å². The Bertz CT molecular complexity index is 1500. The highest BCUT2D eigenvalue weighted by Gasteiger charge is 2.43. The molecule has 41 heavy (non-hydrogen) atoms. The minimum absolute atomic E-state index is 0.0483. The van der Waals surface area contributed by atoms with Crippen LogP contribution in [-0.2, 0) is 11.8 Å². The summed E-state index contributed by atoms with van der Waals surface area (Å²) in [4.78, 5) is 29.7. The maximum Gasteiger partial charge on any atom is 0.257 e. The molecule has 2 amide bonds. The molecule has 3 aliphatic rings. The van der Waals surface area contributed by atoms with Gasteiger partial charge in [-0.2, -0.15) is 0 Å². The molecular formula is C34H39FN4O2. The van der Waals surface area contributed by atoms with Crippen molar-refractivity contribution in [2.75, 3.05) is 11.9 Å². The van der Waals surface area contributed by atoms with Gasteiger partial charge >= 0.3 is 0 Å². The topological polar surface area (TPSA) is 66.4 Å². The Balaban J connectivity index is 1.28. The monoisotopic (exact) mass is 554 g/mol. The number of aromatic nitrogens is 1. The lowest BCUT2D eigenvalue weighted by Crippen LogP contribution is -2.55. The molecule has 3 atom stereocenters. The standard InChI is InChI=1S/C34H39FN4O2/c1-22-7-5-11-29(35)31(22)34(41)39-19-6-10-28(33(40)37-27-16-17-30-24(21-27)18-20-38(30)2)32(39)23-12-14-26(15-13-23)36-25-8-3-4-9-25/h5,7,11-12,14-18,20-21,23,25,28,32,36H,3-4,6,8-10,13,19H2,1-2H3,(H,37,40)/t23?,28-,32-/m0/s1. The number of likely N-dealkylation sites (tertiary alicyclic amines) is 1. The number of halogens is 1. The van der Waals surface area contributed by atoms with Gasteiger partial charge in [-0.15, -0.1) is 0 Å². The second kappa shape index (κ2) is 11.6. The fourth-order valence-corrected chi connectivity index (χ4v) is 7.02. The van der Waals surface area contributed by atoms with E-state index in [2.05, 4.69) is 28.9 Å². The maximum atomic E-state index is 15.0. The molecule has 1 aromatic heterocycles. The molecule has 2 N–H and O–H groups in total. The molecule has 0 bridgehead atoms. The van der Waals surface area contributed by atoms with Gasteiger partial charge in [-0.25, -0.2) is 4.39 Å². The molecule has 1 aliphatic heterocycles. The second-order valence-electron chi connectivity index (χ2n) is 11.9. The van der Waals surface area contributed by atoms with Crippen LogP contribution in [0, 0.1) is 24.6 Å². The second-order valence-corrected chi connectivity index (χ2v) is 11.9. The number of benzene rings is 2. The molecule has 2 fully saturated rings. The summed E-state index contributed by atoms with van der Waals surface area (Å²) in [5.74, 6) is -1.41. The summed E-state index contributed by atoms with van der Waals surface area (Å²) < 4.78 is 17.0. The molecule has 2 heterocycles. The third kappa shape index (κ3) is 5.54. The Morgan fingerprint density at radius 2 is 1.85 bits per heavy atom. The Morgan fingerprint density at radius 1 is 1.02 bits per heavy atom. The summed E-state index contributed by atoms with van der Waals surface area (Å²) in [7, 11) is 2.00. The average molecular weight is 555 g/mol. The predicted molar refractivity (Wildman–Crippen MR) is 161 cm³/mol. The highest BCUT2D eigenvalue weighted by atomic mass is 19.1. The molecule has 7 heteroatoms. The smallest absolute Gasteiger partial charge is 0.257 e. The number of allylic oxidation sites excluding steroid dienone is 2. The zero-order valence-corrected chi connectivity index (χ0v) is 23.9. The number of hydrogen-bond donors (Lipinski definition) is 2. The van der Waals surface area contributed by atoms with E-state index < -0.39 is 11.7 Å². The van der Waals surface area contributed by atoms with Gasteiger partial charge in [0.1, 0.15) is 5.82 Å². The van der Waals surface area contributed by atoms with E-state index >= 15 is 0 Å². The first-order valence-electron chi connectivity index (χ1n) is 15.0. The number of piperidine rings is 1. The molecule has 6 nitrogen and oxygen atoms in total. The van der Waals surface area contributed by atoms with Crippen molar-refractivity contribution in [1.82, 2.24) is 14.8 Å². The third-order valence-electron chi connectivity index (χ3n) is 9.17. The summed E-state index contributed by atoms with van der Waals surface area (Å²) in [6, 6.07) is 12.8. The number of aryl methyl sites for hydroxylation is 2. The van der Waals surface area contributed by atoms with Crippen LogP contribution < -0.4 is 10.6 Å². The number of nitrogens with one attached hydrogen (secondary N) is 2. The number of carbonyl (C=O) groups is 2. The van der Waals surface area contributed by atoms with Gasteiger partial charge in [0.15, 0.2) is 0 Å². The summed E-state index contributed by atoms with van der Waals surface area (Å²) >= 11 is 0. The first-order chi connectivity index (χ1) is 19.9. The number of rotatable bonds is 6. The van der Waals surface area contributed by atoms with E-state index in [0.29, 0.717) is 31.0 Å². The number of amides is 2. The predicted octanol–water partition coefficient (Wildman–Crippen LogP) is 6.48. The van der Waals surface area contributed by atoms with Gasteiger partial charge in [0.2, 0.25) is 5.91 Å². The first-order valence-corrected chi connectivity index (χ1v) is 15.0. The van der Waals surface area contributed by atoms with Gasteiger partial charge in [0.05, 0.1) is 17.5 Å². The van der Waals surface area contributed by atoms with Crippen LogP contribution in [0.15, 0.2) is 72.6 Å².